The number of hydrogen-bond acceptors (Lipinski definition) is 5. The van der Waals surface area contributed by atoms with E-state index in [1.165, 1.54) is 23.7 Å². The smallest absolute Gasteiger partial charge is 0.332 e. The van der Waals surface area contributed by atoms with Crippen molar-refractivity contribution >= 4 is 34.6 Å². The van der Waals surface area contributed by atoms with E-state index in [-0.39, 0.29) is 40.1 Å². The van der Waals surface area contributed by atoms with Crippen molar-refractivity contribution < 1.29 is 9.18 Å². The highest BCUT2D eigenvalue weighted by Crippen LogP contribution is 2.29. The van der Waals surface area contributed by atoms with Crippen LogP contribution in [-0.2, 0) is 25.4 Å². The summed E-state index contributed by atoms with van der Waals surface area (Å²) in [4.78, 5) is 47.4. The molecule has 1 atom stereocenters. The number of aryl methyl sites for hydroxylation is 1. The van der Waals surface area contributed by atoms with Crippen molar-refractivity contribution in [3.63, 3.8) is 0 Å². The third-order valence-electron chi connectivity index (χ3n) is 6.77. The van der Waals surface area contributed by atoms with Crippen LogP contribution in [-0.4, -0.2) is 56.2 Å². The monoisotopic (exact) mass is 518 g/mol. The van der Waals surface area contributed by atoms with Crippen LogP contribution >= 0.6 is 11.6 Å². The summed E-state index contributed by atoms with van der Waals surface area (Å²) in [5.41, 5.74) is -0.428. The maximum absolute atomic E-state index is 14.8. The average Bonchev–Trinajstić information content (AvgIpc) is 3.22. The highest BCUT2D eigenvalue weighted by atomic mass is 35.5. The third kappa shape index (κ3) is 4.66. The van der Waals surface area contributed by atoms with E-state index in [1.807, 2.05) is 11.9 Å². The lowest BCUT2D eigenvalue weighted by atomic mass is 9.96. The van der Waals surface area contributed by atoms with Crippen molar-refractivity contribution in [3.05, 3.63) is 55.4 Å². The molecule has 9 nitrogen and oxygen atoms in total. The average molecular weight is 519 g/mol. The fourth-order valence-corrected chi connectivity index (χ4v) is 5.20. The number of piperidine rings is 1. The highest BCUT2D eigenvalue weighted by Gasteiger charge is 2.32. The molecule has 1 unspecified atom stereocenters. The predicted molar refractivity (Wildman–Crippen MR) is 138 cm³/mol. The van der Waals surface area contributed by atoms with E-state index in [4.69, 9.17) is 11.6 Å². The first-order valence-electron chi connectivity index (χ1n) is 12.1. The van der Waals surface area contributed by atoms with Gasteiger partial charge in [0.05, 0.1) is 12.5 Å². The van der Waals surface area contributed by atoms with Gasteiger partial charge >= 0.3 is 5.69 Å². The van der Waals surface area contributed by atoms with Gasteiger partial charge in [0.1, 0.15) is 5.82 Å². The Morgan fingerprint density at radius 2 is 1.97 bits per heavy atom. The highest BCUT2D eigenvalue weighted by molar-refractivity contribution is 6.31. The molecule has 36 heavy (non-hydrogen) atoms. The first-order valence-corrected chi connectivity index (χ1v) is 12.5. The molecule has 0 radical (unpaired) electrons. The van der Waals surface area contributed by atoms with Gasteiger partial charge in [-0.3, -0.25) is 23.3 Å². The summed E-state index contributed by atoms with van der Waals surface area (Å²) < 4.78 is 18.7. The Balaban J connectivity index is 1.83. The molecule has 4 rings (SSSR count). The molecule has 0 saturated carbocycles. The van der Waals surface area contributed by atoms with E-state index in [9.17, 15) is 18.8 Å². The molecule has 194 valence electrons. The number of carbonyl (C=O) groups is 1. The zero-order valence-electron chi connectivity index (χ0n) is 21.3. The van der Waals surface area contributed by atoms with Crippen molar-refractivity contribution in [2.75, 3.05) is 31.6 Å². The fraction of sp³-hybridized carbons (Fsp3) is 0.520. The van der Waals surface area contributed by atoms with E-state index >= 15 is 0 Å². The van der Waals surface area contributed by atoms with E-state index in [1.54, 1.807) is 22.6 Å². The largest absolute Gasteiger partial charge is 0.345 e. The molecule has 2 aromatic heterocycles. The van der Waals surface area contributed by atoms with Crippen LogP contribution in [0.2, 0.25) is 5.02 Å². The fourth-order valence-electron chi connectivity index (χ4n) is 4.98. The Morgan fingerprint density at radius 3 is 2.64 bits per heavy atom. The Labute approximate surface area is 213 Å². The molecule has 11 heteroatoms. The van der Waals surface area contributed by atoms with Gasteiger partial charge in [-0.15, -0.1) is 0 Å². The van der Waals surface area contributed by atoms with E-state index in [0.29, 0.717) is 31.5 Å². The summed E-state index contributed by atoms with van der Waals surface area (Å²) in [5.74, 6) is 0.0902. The number of anilines is 1. The van der Waals surface area contributed by atoms with Crippen LogP contribution in [0.15, 0.2) is 27.8 Å². The zero-order chi connectivity index (χ0) is 26.3. The van der Waals surface area contributed by atoms with Gasteiger partial charge in [0, 0.05) is 51.4 Å². The van der Waals surface area contributed by atoms with Crippen LogP contribution in [0.1, 0.15) is 32.3 Å². The minimum absolute atomic E-state index is 0.0485. The van der Waals surface area contributed by atoms with Crippen molar-refractivity contribution in [1.29, 1.82) is 0 Å². The van der Waals surface area contributed by atoms with Crippen LogP contribution < -0.4 is 16.1 Å². The number of carbonyl (C=O) groups excluding carboxylic acids is 1. The number of imidazole rings is 1. The SMILES string of the molecule is CC(C)CN(C)C(=O)C1CCCN(c2nc3c(c(=O)n(C)c(=O)n3C)n2Cc2c(F)cccc2Cl)C1. The van der Waals surface area contributed by atoms with Crippen molar-refractivity contribution in [2.45, 2.75) is 33.2 Å². The zero-order valence-corrected chi connectivity index (χ0v) is 22.0. The molecule has 1 fully saturated rings. The first-order chi connectivity index (χ1) is 17.0. The molecule has 1 aliphatic heterocycles. The second kappa shape index (κ2) is 10.1. The maximum Gasteiger partial charge on any atom is 0.332 e. The van der Waals surface area contributed by atoms with E-state index < -0.39 is 17.1 Å². The lowest BCUT2D eigenvalue weighted by Crippen LogP contribution is -2.45. The van der Waals surface area contributed by atoms with Crippen LogP contribution in [0.4, 0.5) is 10.3 Å². The molecule has 0 spiro atoms. The molecule has 1 saturated heterocycles. The van der Waals surface area contributed by atoms with Gasteiger partial charge < -0.3 is 9.80 Å². The van der Waals surface area contributed by atoms with Gasteiger partial charge in [0.25, 0.3) is 5.56 Å². The number of fused-ring (bicyclic) bond motifs is 1. The summed E-state index contributed by atoms with van der Waals surface area (Å²) >= 11 is 6.33. The molecule has 0 bridgehead atoms. The molecular formula is C25H32ClFN6O3. The molecule has 0 N–H and O–H groups in total. The van der Waals surface area contributed by atoms with Crippen LogP contribution in [0.3, 0.4) is 0 Å². The Bertz CT molecular complexity index is 1410. The summed E-state index contributed by atoms with van der Waals surface area (Å²) in [6.45, 7) is 5.77. The number of hydrogen-bond donors (Lipinski definition) is 0. The van der Waals surface area contributed by atoms with Gasteiger partial charge in [-0.2, -0.15) is 4.98 Å². The Morgan fingerprint density at radius 1 is 1.25 bits per heavy atom. The summed E-state index contributed by atoms with van der Waals surface area (Å²) in [6.07, 6.45) is 1.50. The number of aromatic nitrogens is 4. The topological polar surface area (TPSA) is 85.4 Å². The number of rotatable bonds is 6. The van der Waals surface area contributed by atoms with Crippen molar-refractivity contribution in [1.82, 2.24) is 23.6 Å². The van der Waals surface area contributed by atoms with Crippen molar-refractivity contribution in [3.8, 4) is 0 Å². The van der Waals surface area contributed by atoms with Crippen LogP contribution in [0, 0.1) is 17.7 Å². The molecule has 0 aliphatic carbocycles. The summed E-state index contributed by atoms with van der Waals surface area (Å²) in [6, 6.07) is 4.42. The van der Waals surface area contributed by atoms with Gasteiger partial charge in [0.2, 0.25) is 11.9 Å². The number of amides is 1. The maximum atomic E-state index is 14.8. The lowest BCUT2D eigenvalue weighted by molar-refractivity contribution is -0.134. The first kappa shape index (κ1) is 25.9. The Hall–Kier alpha value is -3.14. The van der Waals surface area contributed by atoms with Crippen molar-refractivity contribution in [2.24, 2.45) is 25.9 Å². The summed E-state index contributed by atoms with van der Waals surface area (Å²) in [7, 11) is 4.76. The quantitative estimate of drug-likeness (QED) is 0.501. The molecule has 1 aliphatic rings. The van der Waals surface area contributed by atoms with E-state index in [2.05, 4.69) is 18.8 Å². The molecule has 3 heterocycles. The number of halogens is 2. The second-order valence-corrected chi connectivity index (χ2v) is 10.4. The molecule has 3 aromatic rings. The standard InChI is InChI=1S/C25H32ClFN6O3/c1-15(2)12-29(3)22(34)16-8-7-11-32(13-16)24-28-21-20(23(35)31(5)25(36)30(21)4)33(24)14-17-18(26)9-6-10-19(17)27/h6,9-10,15-16H,7-8,11-14H2,1-5H3. The number of benzene rings is 1. The molecule has 1 amide bonds. The third-order valence-corrected chi connectivity index (χ3v) is 7.13. The van der Waals surface area contributed by atoms with Crippen LogP contribution in [0.5, 0.6) is 0 Å². The molecular weight excluding hydrogens is 487 g/mol. The normalized spacial score (nSPS) is 16.2. The summed E-state index contributed by atoms with van der Waals surface area (Å²) in [5, 5.41) is 0.228. The van der Waals surface area contributed by atoms with Gasteiger partial charge in [-0.05, 0) is 30.9 Å². The van der Waals surface area contributed by atoms with Gasteiger partial charge in [0.15, 0.2) is 11.2 Å². The molecule has 1 aromatic carbocycles. The van der Waals surface area contributed by atoms with Gasteiger partial charge in [-0.1, -0.05) is 31.5 Å². The van der Waals surface area contributed by atoms with Gasteiger partial charge in [-0.25, -0.2) is 9.18 Å². The Kier molecular flexibility index (Phi) is 7.26. The predicted octanol–water partition coefficient (Wildman–Crippen LogP) is 2.61. The number of nitrogens with zero attached hydrogens (tertiary/aromatic N) is 6. The van der Waals surface area contributed by atoms with Crippen LogP contribution in [0.25, 0.3) is 11.2 Å². The minimum atomic E-state index is -0.527. The van der Waals surface area contributed by atoms with E-state index in [0.717, 1.165) is 17.4 Å². The minimum Gasteiger partial charge on any atom is -0.345 e. The lowest BCUT2D eigenvalue weighted by Gasteiger charge is -2.35. The second-order valence-electron chi connectivity index (χ2n) is 9.97.